The quantitative estimate of drug-likeness (QED) is 0.716. The Balaban J connectivity index is 2.34. The lowest BCUT2D eigenvalue weighted by Crippen LogP contribution is -2.46. The third-order valence-electron chi connectivity index (χ3n) is 3.17. The van der Waals surface area contributed by atoms with Crippen LogP contribution in [-0.2, 0) is 0 Å². The number of hydrogen-bond donors (Lipinski definition) is 3. The maximum absolute atomic E-state index is 11.0. The van der Waals surface area contributed by atoms with Crippen LogP contribution in [0, 0.1) is 0 Å². The van der Waals surface area contributed by atoms with E-state index >= 15 is 0 Å². The van der Waals surface area contributed by atoms with Crippen molar-refractivity contribution >= 4 is 17.5 Å². The smallest absolute Gasteiger partial charge is 0.337 e. The molecule has 0 aromatic carbocycles. The Morgan fingerprint density at radius 2 is 2.33 bits per heavy atom. The van der Waals surface area contributed by atoms with Gasteiger partial charge in [0.2, 0.25) is 0 Å². The van der Waals surface area contributed by atoms with Gasteiger partial charge in [-0.15, -0.1) is 0 Å². The second-order valence-electron chi connectivity index (χ2n) is 4.92. The Morgan fingerprint density at radius 3 is 2.94 bits per heavy atom. The Kier molecular flexibility index (Phi) is 3.13. The van der Waals surface area contributed by atoms with E-state index in [1.807, 2.05) is 4.90 Å². The van der Waals surface area contributed by atoms with Crippen LogP contribution >= 0.6 is 0 Å². The molecule has 6 nitrogen and oxygen atoms in total. The highest BCUT2D eigenvalue weighted by atomic mass is 16.4. The van der Waals surface area contributed by atoms with Crippen molar-refractivity contribution < 1.29 is 15.0 Å². The van der Waals surface area contributed by atoms with Gasteiger partial charge in [0.1, 0.15) is 0 Å². The lowest BCUT2D eigenvalue weighted by atomic mass is 9.95. The molecule has 0 bridgehead atoms. The predicted molar refractivity (Wildman–Crippen MR) is 67.7 cm³/mol. The van der Waals surface area contributed by atoms with E-state index in [1.165, 1.54) is 12.3 Å². The first-order valence-corrected chi connectivity index (χ1v) is 5.86. The average molecular weight is 251 g/mol. The van der Waals surface area contributed by atoms with Gasteiger partial charge in [-0.05, 0) is 25.8 Å². The number of carboxylic acid groups (broad SMARTS) is 1. The summed E-state index contributed by atoms with van der Waals surface area (Å²) in [4.78, 5) is 17.0. The molecule has 0 saturated carbocycles. The number of carbonyl (C=O) groups is 1. The average Bonchev–Trinajstić information content (AvgIpc) is 2.27. The minimum Gasteiger partial charge on any atom is -0.478 e. The van der Waals surface area contributed by atoms with E-state index in [0.717, 1.165) is 19.4 Å². The van der Waals surface area contributed by atoms with Gasteiger partial charge in [-0.2, -0.15) is 0 Å². The third kappa shape index (κ3) is 2.38. The van der Waals surface area contributed by atoms with Crippen LogP contribution in [0.15, 0.2) is 12.3 Å². The highest BCUT2D eigenvalue weighted by Gasteiger charge is 2.30. The van der Waals surface area contributed by atoms with Gasteiger partial charge in [-0.25, -0.2) is 9.78 Å². The van der Waals surface area contributed by atoms with Crippen LogP contribution in [0.25, 0.3) is 0 Å². The highest BCUT2D eigenvalue weighted by Crippen LogP contribution is 2.29. The van der Waals surface area contributed by atoms with Gasteiger partial charge in [0.25, 0.3) is 0 Å². The molecule has 2 heterocycles. The van der Waals surface area contributed by atoms with E-state index in [0.29, 0.717) is 12.4 Å². The first-order valence-electron chi connectivity index (χ1n) is 5.86. The first kappa shape index (κ1) is 12.6. The molecule has 2 rings (SSSR count). The Hall–Kier alpha value is -1.82. The minimum atomic E-state index is -1.07. The largest absolute Gasteiger partial charge is 0.478 e. The molecule has 1 aromatic rings. The lowest BCUT2D eigenvalue weighted by Gasteiger charge is -2.38. The summed E-state index contributed by atoms with van der Waals surface area (Å²) in [6.07, 6.45) is 2.98. The number of anilines is 2. The van der Waals surface area contributed by atoms with Crippen LogP contribution in [0.2, 0.25) is 0 Å². The molecule has 0 spiro atoms. The number of nitrogens with zero attached hydrogens (tertiary/aromatic N) is 2. The summed E-state index contributed by atoms with van der Waals surface area (Å²) in [6.45, 7) is 2.89. The zero-order valence-corrected chi connectivity index (χ0v) is 10.3. The second-order valence-corrected chi connectivity index (χ2v) is 4.92. The molecular weight excluding hydrogens is 234 g/mol. The maximum atomic E-state index is 11.0. The van der Waals surface area contributed by atoms with Crippen molar-refractivity contribution in [1.29, 1.82) is 0 Å². The standard InChI is InChI=1S/C12H17N3O3/c1-12(18)4-2-6-15(7-12)10-9(13)8(11(16)17)3-5-14-10/h3,5,18H,2,4,6-7,13H2,1H3,(H,16,17). The molecule has 1 saturated heterocycles. The van der Waals surface area contributed by atoms with Crippen molar-refractivity contribution in [2.75, 3.05) is 23.7 Å². The maximum Gasteiger partial charge on any atom is 0.337 e. The molecule has 0 aliphatic carbocycles. The zero-order chi connectivity index (χ0) is 13.3. The number of rotatable bonds is 2. The predicted octanol–water partition coefficient (Wildman–Crippen LogP) is 0.713. The Labute approximate surface area is 105 Å². The highest BCUT2D eigenvalue weighted by molar-refractivity contribution is 5.96. The van der Waals surface area contributed by atoms with Crippen molar-refractivity contribution in [3.8, 4) is 0 Å². The van der Waals surface area contributed by atoms with Gasteiger partial charge in [-0.1, -0.05) is 0 Å². The van der Waals surface area contributed by atoms with Gasteiger partial charge in [0.05, 0.1) is 16.9 Å². The molecule has 1 aliphatic heterocycles. The van der Waals surface area contributed by atoms with Crippen LogP contribution in [0.1, 0.15) is 30.1 Å². The van der Waals surface area contributed by atoms with Gasteiger partial charge < -0.3 is 20.8 Å². The topological polar surface area (TPSA) is 99.7 Å². The molecule has 4 N–H and O–H groups in total. The van der Waals surface area contributed by atoms with E-state index in [9.17, 15) is 9.90 Å². The Bertz CT molecular complexity index is 474. The molecule has 1 aromatic heterocycles. The molecule has 1 fully saturated rings. The summed E-state index contributed by atoms with van der Waals surface area (Å²) >= 11 is 0. The summed E-state index contributed by atoms with van der Waals surface area (Å²) in [5.41, 5.74) is 5.25. The summed E-state index contributed by atoms with van der Waals surface area (Å²) in [6, 6.07) is 1.38. The van der Waals surface area contributed by atoms with E-state index in [-0.39, 0.29) is 11.3 Å². The van der Waals surface area contributed by atoms with Gasteiger partial charge in [0, 0.05) is 19.3 Å². The van der Waals surface area contributed by atoms with E-state index in [1.54, 1.807) is 6.92 Å². The number of hydrogen-bond acceptors (Lipinski definition) is 5. The molecule has 0 amide bonds. The van der Waals surface area contributed by atoms with Gasteiger partial charge in [0.15, 0.2) is 5.82 Å². The lowest BCUT2D eigenvalue weighted by molar-refractivity contribution is 0.0447. The zero-order valence-electron chi connectivity index (χ0n) is 10.3. The van der Waals surface area contributed by atoms with Crippen molar-refractivity contribution in [3.63, 3.8) is 0 Å². The molecule has 18 heavy (non-hydrogen) atoms. The fourth-order valence-corrected chi connectivity index (χ4v) is 2.30. The van der Waals surface area contributed by atoms with E-state index < -0.39 is 11.6 Å². The SMILES string of the molecule is CC1(O)CCCN(c2nccc(C(=O)O)c2N)C1. The summed E-state index contributed by atoms with van der Waals surface area (Å²) in [5, 5.41) is 19.1. The molecule has 6 heteroatoms. The summed E-state index contributed by atoms with van der Waals surface area (Å²) in [7, 11) is 0. The fourth-order valence-electron chi connectivity index (χ4n) is 2.30. The summed E-state index contributed by atoms with van der Waals surface area (Å²) < 4.78 is 0. The number of aliphatic hydroxyl groups is 1. The monoisotopic (exact) mass is 251 g/mol. The van der Waals surface area contributed by atoms with Crippen molar-refractivity contribution in [3.05, 3.63) is 17.8 Å². The van der Waals surface area contributed by atoms with Crippen molar-refractivity contribution in [2.45, 2.75) is 25.4 Å². The van der Waals surface area contributed by atoms with Crippen molar-refractivity contribution in [2.24, 2.45) is 0 Å². The van der Waals surface area contributed by atoms with E-state index in [2.05, 4.69) is 4.98 Å². The number of nitrogen functional groups attached to an aromatic ring is 1. The molecule has 1 atom stereocenters. The van der Waals surface area contributed by atoms with Crippen LogP contribution in [0.5, 0.6) is 0 Å². The minimum absolute atomic E-state index is 0.0465. The third-order valence-corrected chi connectivity index (χ3v) is 3.17. The van der Waals surface area contributed by atoms with Crippen LogP contribution in [0.3, 0.4) is 0 Å². The number of nitrogens with two attached hydrogens (primary N) is 1. The number of pyridine rings is 1. The molecule has 1 aliphatic rings. The Morgan fingerprint density at radius 1 is 1.61 bits per heavy atom. The first-order chi connectivity index (χ1) is 8.41. The van der Waals surface area contributed by atoms with Gasteiger partial charge >= 0.3 is 5.97 Å². The number of β-amino-alcohol motifs (C(OH)–C–C–N with tert-alkyl or cyclic N) is 1. The van der Waals surface area contributed by atoms with Gasteiger partial charge in [-0.3, -0.25) is 0 Å². The van der Waals surface area contributed by atoms with Crippen LogP contribution < -0.4 is 10.6 Å². The molecule has 0 radical (unpaired) electrons. The fraction of sp³-hybridized carbons (Fsp3) is 0.500. The number of piperidine rings is 1. The molecule has 1 unspecified atom stereocenters. The van der Waals surface area contributed by atoms with Crippen LogP contribution in [0.4, 0.5) is 11.5 Å². The molecule has 98 valence electrons. The summed E-state index contributed by atoms with van der Waals surface area (Å²) in [5.74, 6) is -0.630. The normalized spacial score (nSPS) is 24.0. The van der Waals surface area contributed by atoms with Crippen molar-refractivity contribution in [1.82, 2.24) is 4.98 Å². The number of aromatic nitrogens is 1. The second kappa shape index (κ2) is 4.45. The van der Waals surface area contributed by atoms with Crippen LogP contribution in [-0.4, -0.2) is 39.9 Å². The number of carboxylic acids is 1. The van der Waals surface area contributed by atoms with E-state index in [4.69, 9.17) is 10.8 Å². The number of aromatic carboxylic acids is 1. The molecular formula is C12H17N3O3.